The lowest BCUT2D eigenvalue weighted by atomic mass is 10.1. The van der Waals surface area contributed by atoms with Crippen LogP contribution < -0.4 is 4.90 Å². The summed E-state index contributed by atoms with van der Waals surface area (Å²) in [6.07, 6.45) is 9.41. The highest BCUT2D eigenvalue weighted by molar-refractivity contribution is 7.15. The van der Waals surface area contributed by atoms with Gasteiger partial charge in [-0.1, -0.05) is 5.92 Å². The number of piperidine rings is 1. The van der Waals surface area contributed by atoms with Crippen molar-refractivity contribution < 1.29 is 0 Å². The van der Waals surface area contributed by atoms with Crippen molar-refractivity contribution in [2.75, 3.05) is 18.0 Å². The molecule has 0 amide bonds. The number of hydrogen-bond acceptors (Lipinski definition) is 3. The molecule has 1 aliphatic heterocycles. The first-order valence-electron chi connectivity index (χ1n) is 5.90. The summed E-state index contributed by atoms with van der Waals surface area (Å²) in [6, 6.07) is 0. The predicted octanol–water partition coefficient (Wildman–Crippen LogP) is 3.18. The van der Waals surface area contributed by atoms with E-state index in [0.717, 1.165) is 23.9 Å². The van der Waals surface area contributed by atoms with E-state index in [1.54, 1.807) is 11.3 Å². The van der Waals surface area contributed by atoms with E-state index in [1.165, 1.54) is 24.1 Å². The Labute approximate surface area is 102 Å². The van der Waals surface area contributed by atoms with Crippen molar-refractivity contribution in [2.24, 2.45) is 0 Å². The number of thiazole rings is 1. The van der Waals surface area contributed by atoms with Crippen molar-refractivity contribution >= 4 is 16.5 Å². The van der Waals surface area contributed by atoms with Crippen LogP contribution in [0.25, 0.3) is 0 Å². The van der Waals surface area contributed by atoms with Crippen molar-refractivity contribution in [3.05, 3.63) is 10.6 Å². The minimum Gasteiger partial charge on any atom is -0.348 e. The Morgan fingerprint density at radius 2 is 2.06 bits per heavy atom. The maximum absolute atomic E-state index is 5.48. The number of anilines is 1. The first kappa shape index (κ1) is 11.5. The maximum atomic E-state index is 5.48. The van der Waals surface area contributed by atoms with Crippen LogP contribution >= 0.6 is 11.3 Å². The first-order valence-corrected chi connectivity index (χ1v) is 6.72. The molecule has 0 saturated carbocycles. The van der Waals surface area contributed by atoms with Crippen molar-refractivity contribution in [3.63, 3.8) is 0 Å². The lowest BCUT2D eigenvalue weighted by Crippen LogP contribution is -2.29. The van der Waals surface area contributed by atoms with E-state index >= 15 is 0 Å². The van der Waals surface area contributed by atoms with E-state index in [0.29, 0.717) is 0 Å². The maximum Gasteiger partial charge on any atom is 0.185 e. The molecular weight excluding hydrogens is 216 g/mol. The number of aromatic nitrogens is 1. The molecule has 0 N–H and O–H groups in total. The summed E-state index contributed by atoms with van der Waals surface area (Å²) in [5, 5.41) is 1.16. The van der Waals surface area contributed by atoms with Crippen LogP contribution in [0.3, 0.4) is 0 Å². The van der Waals surface area contributed by atoms with Crippen LogP contribution in [0.4, 0.5) is 5.13 Å². The zero-order valence-corrected chi connectivity index (χ0v) is 10.8. The van der Waals surface area contributed by atoms with Gasteiger partial charge in [0.1, 0.15) is 0 Å². The molecule has 2 heterocycles. The molecule has 1 aromatic rings. The molecule has 86 valence electrons. The van der Waals surface area contributed by atoms with Gasteiger partial charge in [0.15, 0.2) is 5.13 Å². The molecule has 0 spiro atoms. The van der Waals surface area contributed by atoms with E-state index in [1.807, 2.05) is 0 Å². The van der Waals surface area contributed by atoms with E-state index in [2.05, 4.69) is 29.7 Å². The third-order valence-electron chi connectivity index (χ3n) is 3.09. The predicted molar refractivity (Wildman–Crippen MR) is 70.2 cm³/mol. The molecule has 0 aromatic carbocycles. The minimum absolute atomic E-state index is 0.191. The van der Waals surface area contributed by atoms with Gasteiger partial charge in [0.2, 0.25) is 0 Å². The van der Waals surface area contributed by atoms with Crippen LogP contribution in [0.15, 0.2) is 0 Å². The highest BCUT2D eigenvalue weighted by Gasteiger charge is 2.18. The van der Waals surface area contributed by atoms with Crippen LogP contribution in [0.1, 0.15) is 42.7 Å². The summed E-state index contributed by atoms with van der Waals surface area (Å²) < 4.78 is 0. The summed E-state index contributed by atoms with van der Waals surface area (Å²) in [5.41, 5.74) is 1.11. The largest absolute Gasteiger partial charge is 0.348 e. The summed E-state index contributed by atoms with van der Waals surface area (Å²) in [4.78, 5) is 8.30. The second-order valence-corrected chi connectivity index (χ2v) is 5.39. The average Bonchev–Trinajstić information content (AvgIpc) is 2.71. The monoisotopic (exact) mass is 234 g/mol. The number of rotatable bonds is 2. The molecule has 1 unspecified atom stereocenters. The normalized spacial score (nSPS) is 18.2. The molecule has 1 aliphatic rings. The highest BCUT2D eigenvalue weighted by Crippen LogP contribution is 2.32. The Morgan fingerprint density at radius 1 is 1.38 bits per heavy atom. The van der Waals surface area contributed by atoms with Gasteiger partial charge in [-0.25, -0.2) is 4.98 Å². The van der Waals surface area contributed by atoms with E-state index < -0.39 is 0 Å². The van der Waals surface area contributed by atoms with E-state index in [9.17, 15) is 0 Å². The van der Waals surface area contributed by atoms with Gasteiger partial charge in [-0.3, -0.25) is 0 Å². The number of aryl methyl sites for hydroxylation is 1. The summed E-state index contributed by atoms with van der Waals surface area (Å²) in [6.45, 7) is 6.43. The molecular formula is C13H18N2S. The summed E-state index contributed by atoms with van der Waals surface area (Å²) in [5.74, 6) is 2.98. The standard InChI is InChI=1S/C13H18N2S/c1-4-10(2)12-11(3)14-13(16-12)15-8-6-5-7-9-15/h1,10H,5-9H2,2-3H3. The summed E-state index contributed by atoms with van der Waals surface area (Å²) in [7, 11) is 0. The van der Waals surface area contributed by atoms with Crippen LogP contribution in [-0.4, -0.2) is 18.1 Å². The van der Waals surface area contributed by atoms with Gasteiger partial charge in [-0.05, 0) is 33.1 Å². The second kappa shape index (κ2) is 4.88. The second-order valence-electron chi connectivity index (χ2n) is 4.38. The third kappa shape index (κ3) is 2.22. The van der Waals surface area contributed by atoms with Gasteiger partial charge in [0.25, 0.3) is 0 Å². The minimum atomic E-state index is 0.191. The first-order chi connectivity index (χ1) is 7.72. The molecule has 1 saturated heterocycles. The fourth-order valence-electron chi connectivity index (χ4n) is 2.09. The molecule has 2 nitrogen and oxygen atoms in total. The SMILES string of the molecule is C#CC(C)c1sc(N2CCCCC2)nc1C. The Kier molecular flexibility index (Phi) is 3.50. The van der Waals surface area contributed by atoms with Gasteiger partial charge in [0.05, 0.1) is 11.6 Å². The van der Waals surface area contributed by atoms with Crippen LogP contribution in [0.2, 0.25) is 0 Å². The quantitative estimate of drug-likeness (QED) is 0.731. The molecule has 16 heavy (non-hydrogen) atoms. The van der Waals surface area contributed by atoms with Crippen molar-refractivity contribution in [1.82, 2.24) is 4.98 Å². The third-order valence-corrected chi connectivity index (χ3v) is 4.49. The molecule has 0 aliphatic carbocycles. The number of hydrogen-bond donors (Lipinski definition) is 0. The molecule has 0 radical (unpaired) electrons. The molecule has 2 rings (SSSR count). The van der Waals surface area contributed by atoms with Crippen LogP contribution in [0, 0.1) is 19.3 Å². The average molecular weight is 234 g/mol. The fraction of sp³-hybridized carbons (Fsp3) is 0.615. The van der Waals surface area contributed by atoms with E-state index in [4.69, 9.17) is 6.42 Å². The zero-order valence-electron chi connectivity index (χ0n) is 9.99. The van der Waals surface area contributed by atoms with Gasteiger partial charge in [0, 0.05) is 18.0 Å². The topological polar surface area (TPSA) is 16.1 Å². The Balaban J connectivity index is 2.20. The zero-order chi connectivity index (χ0) is 11.5. The molecule has 3 heteroatoms. The van der Waals surface area contributed by atoms with Crippen LogP contribution in [0.5, 0.6) is 0 Å². The van der Waals surface area contributed by atoms with Gasteiger partial charge < -0.3 is 4.90 Å². The van der Waals surface area contributed by atoms with Crippen LogP contribution in [-0.2, 0) is 0 Å². The molecule has 1 aromatic heterocycles. The molecule has 1 fully saturated rings. The molecule has 0 bridgehead atoms. The Bertz CT molecular complexity index is 397. The van der Waals surface area contributed by atoms with E-state index in [-0.39, 0.29) is 5.92 Å². The fourth-order valence-corrected chi connectivity index (χ4v) is 3.22. The van der Waals surface area contributed by atoms with Crippen molar-refractivity contribution in [3.8, 4) is 12.3 Å². The van der Waals surface area contributed by atoms with Gasteiger partial charge >= 0.3 is 0 Å². The van der Waals surface area contributed by atoms with Crippen molar-refractivity contribution in [2.45, 2.75) is 39.0 Å². The highest BCUT2D eigenvalue weighted by atomic mass is 32.1. The number of terminal acetylenes is 1. The molecule has 1 atom stereocenters. The number of nitrogens with zero attached hydrogens (tertiary/aromatic N) is 2. The Hall–Kier alpha value is -1.01. The lowest BCUT2D eigenvalue weighted by molar-refractivity contribution is 0.576. The summed E-state index contributed by atoms with van der Waals surface area (Å²) >= 11 is 1.77. The van der Waals surface area contributed by atoms with Gasteiger partial charge in [-0.2, -0.15) is 0 Å². The Morgan fingerprint density at radius 3 is 2.69 bits per heavy atom. The smallest absolute Gasteiger partial charge is 0.185 e. The van der Waals surface area contributed by atoms with Gasteiger partial charge in [-0.15, -0.1) is 17.8 Å². The van der Waals surface area contributed by atoms with Crippen molar-refractivity contribution in [1.29, 1.82) is 0 Å². The lowest BCUT2D eigenvalue weighted by Gasteiger charge is -2.25.